The molecule has 4 rings (SSSR count). The van der Waals surface area contributed by atoms with Crippen molar-refractivity contribution in [3.05, 3.63) is 94.8 Å². The van der Waals surface area contributed by atoms with Crippen molar-refractivity contribution in [2.24, 2.45) is 0 Å². The number of amides is 2. The molecule has 7 heteroatoms. The van der Waals surface area contributed by atoms with Gasteiger partial charge in [0, 0.05) is 6.07 Å². The minimum Gasteiger partial charge on any atom is -0.490 e. The maximum atomic E-state index is 13.8. The van der Waals surface area contributed by atoms with E-state index in [-0.39, 0.29) is 18.2 Å². The molecule has 3 aromatic rings. The summed E-state index contributed by atoms with van der Waals surface area (Å²) in [6, 6.07) is 19.5. The Labute approximate surface area is 184 Å². The van der Waals surface area contributed by atoms with E-state index in [1.54, 1.807) is 24.3 Å². The number of nitrogens with one attached hydrogen (secondary N) is 1. The summed E-state index contributed by atoms with van der Waals surface area (Å²) >= 11 is 6.16. The number of carbonyl (C=O) groups is 2. The first-order valence-corrected chi connectivity index (χ1v) is 10.2. The lowest BCUT2D eigenvalue weighted by Gasteiger charge is -2.31. The van der Waals surface area contributed by atoms with E-state index < -0.39 is 11.9 Å². The van der Waals surface area contributed by atoms with Crippen LogP contribution in [-0.4, -0.2) is 25.0 Å². The zero-order chi connectivity index (χ0) is 21.8. The SMILES string of the molecule is O=C(NC(CC(=O)N1CCOc2ccc(F)cc21)c1ccccc1)c1ccccc1Cl. The maximum Gasteiger partial charge on any atom is 0.253 e. The Balaban J connectivity index is 1.59. The van der Waals surface area contributed by atoms with Gasteiger partial charge in [-0.1, -0.05) is 54.1 Å². The van der Waals surface area contributed by atoms with Gasteiger partial charge in [-0.2, -0.15) is 0 Å². The topological polar surface area (TPSA) is 58.6 Å². The number of hydrogen-bond donors (Lipinski definition) is 1. The van der Waals surface area contributed by atoms with Crippen LogP contribution in [-0.2, 0) is 4.79 Å². The Morgan fingerprint density at radius 3 is 2.58 bits per heavy atom. The molecule has 0 radical (unpaired) electrons. The summed E-state index contributed by atoms with van der Waals surface area (Å²) in [6.07, 6.45) is -0.00381. The number of halogens is 2. The second-order valence-electron chi connectivity index (χ2n) is 7.13. The first-order chi connectivity index (χ1) is 15.0. The van der Waals surface area contributed by atoms with Gasteiger partial charge in [-0.05, 0) is 29.8 Å². The molecule has 1 aliphatic heterocycles. The number of benzene rings is 3. The van der Waals surface area contributed by atoms with Gasteiger partial charge >= 0.3 is 0 Å². The molecule has 2 amide bonds. The molecular weight excluding hydrogens is 419 g/mol. The number of ether oxygens (including phenoxy) is 1. The fraction of sp³-hybridized carbons (Fsp3) is 0.167. The predicted octanol–water partition coefficient (Wildman–Crippen LogP) is 4.77. The Morgan fingerprint density at radius 1 is 1.06 bits per heavy atom. The summed E-state index contributed by atoms with van der Waals surface area (Å²) in [4.78, 5) is 27.6. The van der Waals surface area contributed by atoms with E-state index in [0.29, 0.717) is 35.2 Å². The molecular formula is C24H20ClFN2O3. The quantitative estimate of drug-likeness (QED) is 0.624. The predicted molar refractivity (Wildman–Crippen MR) is 117 cm³/mol. The zero-order valence-corrected chi connectivity index (χ0v) is 17.3. The minimum atomic E-state index is -0.586. The molecule has 1 heterocycles. The largest absolute Gasteiger partial charge is 0.490 e. The molecule has 1 unspecified atom stereocenters. The molecule has 0 saturated carbocycles. The maximum absolute atomic E-state index is 13.8. The standard InChI is InChI=1S/C24H20ClFN2O3/c25-19-9-5-4-8-18(19)24(30)27-20(16-6-2-1-3-7-16)15-23(29)28-12-13-31-22-11-10-17(26)14-21(22)28/h1-11,14,20H,12-13,15H2,(H,27,30). The summed E-state index contributed by atoms with van der Waals surface area (Å²) in [7, 11) is 0. The first kappa shape index (κ1) is 20.9. The number of fused-ring (bicyclic) bond motifs is 1. The molecule has 0 bridgehead atoms. The number of anilines is 1. The van der Waals surface area contributed by atoms with Gasteiger partial charge in [-0.3, -0.25) is 9.59 Å². The van der Waals surface area contributed by atoms with Crippen molar-refractivity contribution in [1.29, 1.82) is 0 Å². The molecule has 158 valence electrons. The van der Waals surface area contributed by atoms with Gasteiger partial charge in [-0.15, -0.1) is 0 Å². The number of carbonyl (C=O) groups excluding carboxylic acids is 2. The molecule has 0 aliphatic carbocycles. The van der Waals surface area contributed by atoms with E-state index in [0.717, 1.165) is 5.56 Å². The van der Waals surface area contributed by atoms with Crippen LogP contribution in [0.15, 0.2) is 72.8 Å². The number of nitrogens with zero attached hydrogens (tertiary/aromatic N) is 1. The molecule has 0 spiro atoms. The van der Waals surface area contributed by atoms with Crippen molar-refractivity contribution >= 4 is 29.1 Å². The second kappa shape index (κ2) is 9.18. The molecule has 1 N–H and O–H groups in total. The van der Waals surface area contributed by atoms with Crippen molar-refractivity contribution < 1.29 is 18.7 Å². The normalized spacial score (nSPS) is 13.7. The summed E-state index contributed by atoms with van der Waals surface area (Å²) in [5.74, 6) is -0.616. The molecule has 0 saturated heterocycles. The van der Waals surface area contributed by atoms with Crippen molar-refractivity contribution in [2.75, 3.05) is 18.1 Å². The lowest BCUT2D eigenvalue weighted by molar-refractivity contribution is -0.119. The summed E-state index contributed by atoms with van der Waals surface area (Å²) < 4.78 is 19.3. The van der Waals surface area contributed by atoms with Gasteiger partial charge in [0.15, 0.2) is 0 Å². The zero-order valence-electron chi connectivity index (χ0n) is 16.6. The highest BCUT2D eigenvalue weighted by atomic mass is 35.5. The highest BCUT2D eigenvalue weighted by molar-refractivity contribution is 6.33. The van der Waals surface area contributed by atoms with E-state index in [1.807, 2.05) is 30.3 Å². The third-order valence-electron chi connectivity index (χ3n) is 5.09. The molecule has 1 atom stereocenters. The molecule has 0 fully saturated rings. The highest BCUT2D eigenvalue weighted by Gasteiger charge is 2.28. The average Bonchev–Trinajstić information content (AvgIpc) is 2.79. The number of hydrogen-bond acceptors (Lipinski definition) is 3. The van der Waals surface area contributed by atoms with Crippen LogP contribution in [0.1, 0.15) is 28.4 Å². The van der Waals surface area contributed by atoms with Crippen LogP contribution < -0.4 is 15.0 Å². The van der Waals surface area contributed by atoms with Gasteiger partial charge in [0.05, 0.1) is 35.3 Å². The van der Waals surface area contributed by atoms with Crippen LogP contribution in [0.25, 0.3) is 0 Å². The third-order valence-corrected chi connectivity index (χ3v) is 5.42. The van der Waals surface area contributed by atoms with Gasteiger partial charge in [0.1, 0.15) is 18.2 Å². The Kier molecular flexibility index (Phi) is 6.18. The fourth-order valence-corrected chi connectivity index (χ4v) is 3.78. The molecule has 0 aromatic heterocycles. The van der Waals surface area contributed by atoms with Crippen LogP contribution in [0.2, 0.25) is 5.02 Å². The van der Waals surface area contributed by atoms with E-state index in [2.05, 4.69) is 5.32 Å². The molecule has 31 heavy (non-hydrogen) atoms. The smallest absolute Gasteiger partial charge is 0.253 e. The van der Waals surface area contributed by atoms with E-state index in [4.69, 9.17) is 16.3 Å². The van der Waals surface area contributed by atoms with Crippen LogP contribution in [0.5, 0.6) is 5.75 Å². The van der Waals surface area contributed by atoms with Crippen LogP contribution in [0.3, 0.4) is 0 Å². The van der Waals surface area contributed by atoms with E-state index >= 15 is 0 Å². The fourth-order valence-electron chi connectivity index (χ4n) is 3.55. The van der Waals surface area contributed by atoms with Crippen LogP contribution in [0, 0.1) is 5.82 Å². The number of rotatable bonds is 5. The Morgan fingerprint density at radius 2 is 1.81 bits per heavy atom. The van der Waals surface area contributed by atoms with Gasteiger partial charge < -0.3 is 15.0 Å². The monoisotopic (exact) mass is 438 g/mol. The van der Waals surface area contributed by atoms with Crippen molar-refractivity contribution in [2.45, 2.75) is 12.5 Å². The summed E-state index contributed by atoms with van der Waals surface area (Å²) in [5.41, 5.74) is 1.50. The van der Waals surface area contributed by atoms with Gasteiger partial charge in [-0.25, -0.2) is 4.39 Å². The third kappa shape index (κ3) is 4.70. The van der Waals surface area contributed by atoms with Crippen molar-refractivity contribution in [1.82, 2.24) is 5.32 Å². The Hall–Kier alpha value is -3.38. The lowest BCUT2D eigenvalue weighted by Crippen LogP contribution is -2.40. The second-order valence-corrected chi connectivity index (χ2v) is 7.53. The van der Waals surface area contributed by atoms with Crippen LogP contribution >= 0.6 is 11.6 Å². The van der Waals surface area contributed by atoms with Crippen LogP contribution in [0.4, 0.5) is 10.1 Å². The Bertz CT molecular complexity index is 1110. The van der Waals surface area contributed by atoms with E-state index in [9.17, 15) is 14.0 Å². The van der Waals surface area contributed by atoms with Gasteiger partial charge in [0.25, 0.3) is 5.91 Å². The molecule has 1 aliphatic rings. The van der Waals surface area contributed by atoms with Gasteiger partial charge in [0.2, 0.25) is 5.91 Å². The first-order valence-electron chi connectivity index (χ1n) is 9.86. The summed E-state index contributed by atoms with van der Waals surface area (Å²) in [6.45, 7) is 0.613. The highest BCUT2D eigenvalue weighted by Crippen LogP contribution is 2.33. The van der Waals surface area contributed by atoms with Crippen molar-refractivity contribution in [3.63, 3.8) is 0 Å². The molecule has 3 aromatic carbocycles. The average molecular weight is 439 g/mol. The minimum absolute atomic E-state index is 0.00381. The molecule has 5 nitrogen and oxygen atoms in total. The lowest BCUT2D eigenvalue weighted by atomic mass is 10.0. The van der Waals surface area contributed by atoms with E-state index in [1.165, 1.54) is 23.1 Å². The van der Waals surface area contributed by atoms with Crippen molar-refractivity contribution in [3.8, 4) is 5.75 Å². The summed E-state index contributed by atoms with van der Waals surface area (Å²) in [5, 5.41) is 3.25.